The summed E-state index contributed by atoms with van der Waals surface area (Å²) >= 11 is 0. The zero-order valence-electron chi connectivity index (χ0n) is 7.97. The maximum atomic E-state index is 8.80. The fraction of sp³-hybridized carbons (Fsp3) is 1.00. The molecule has 1 aliphatic heterocycles. The molecule has 0 radical (unpaired) electrons. The Hall–Kier alpha value is -0.120. The van der Waals surface area contributed by atoms with Gasteiger partial charge in [-0.15, -0.1) is 0 Å². The first-order valence-electron chi connectivity index (χ1n) is 4.60. The monoisotopic (exact) mass is 173 g/mol. The van der Waals surface area contributed by atoms with Gasteiger partial charge in [-0.2, -0.15) is 0 Å². The molecule has 3 nitrogen and oxygen atoms in total. The van der Waals surface area contributed by atoms with Gasteiger partial charge in [-0.05, 0) is 26.7 Å². The molecule has 0 bridgehead atoms. The number of aliphatic hydroxyl groups excluding tert-OH is 1. The van der Waals surface area contributed by atoms with Gasteiger partial charge in [-0.1, -0.05) is 0 Å². The highest BCUT2D eigenvalue weighted by Crippen LogP contribution is 2.12. The minimum absolute atomic E-state index is 0.0348. The van der Waals surface area contributed by atoms with Crippen molar-refractivity contribution in [3.8, 4) is 0 Å². The first kappa shape index (κ1) is 9.96. The molecule has 12 heavy (non-hydrogen) atoms. The molecule has 0 aromatic carbocycles. The maximum Gasteiger partial charge on any atom is 0.0620 e. The first-order valence-corrected chi connectivity index (χ1v) is 4.60. The third-order valence-corrected chi connectivity index (χ3v) is 2.26. The number of hydrogen-bond acceptors (Lipinski definition) is 3. The summed E-state index contributed by atoms with van der Waals surface area (Å²) in [5.41, 5.74) is 0.0348. The highest BCUT2D eigenvalue weighted by atomic mass is 16.5. The number of hydrogen-bond donors (Lipinski definition) is 2. The fourth-order valence-electron chi connectivity index (χ4n) is 1.55. The summed E-state index contributed by atoms with van der Waals surface area (Å²) in [5, 5.41) is 12.3. The molecule has 3 heteroatoms. The number of aliphatic hydroxyl groups is 1. The van der Waals surface area contributed by atoms with E-state index < -0.39 is 0 Å². The van der Waals surface area contributed by atoms with E-state index in [4.69, 9.17) is 9.84 Å². The zero-order chi connectivity index (χ0) is 9.03. The molecule has 1 aliphatic rings. The van der Waals surface area contributed by atoms with Crippen LogP contribution in [0.1, 0.15) is 26.7 Å². The lowest BCUT2D eigenvalue weighted by atomic mass is 9.99. The summed E-state index contributed by atoms with van der Waals surface area (Å²) in [6.45, 7) is 6.15. The Labute approximate surface area is 74.1 Å². The highest BCUT2D eigenvalue weighted by Gasteiger charge is 2.24. The van der Waals surface area contributed by atoms with Crippen LogP contribution in [0.15, 0.2) is 0 Å². The van der Waals surface area contributed by atoms with Crippen LogP contribution < -0.4 is 5.32 Å². The van der Waals surface area contributed by atoms with Gasteiger partial charge < -0.3 is 15.2 Å². The van der Waals surface area contributed by atoms with Crippen LogP contribution in [-0.4, -0.2) is 36.5 Å². The van der Waals surface area contributed by atoms with Crippen molar-refractivity contribution in [1.82, 2.24) is 5.32 Å². The minimum Gasteiger partial charge on any atom is -0.396 e. The maximum absolute atomic E-state index is 8.80. The highest BCUT2D eigenvalue weighted by molar-refractivity contribution is 4.83. The van der Waals surface area contributed by atoms with Gasteiger partial charge >= 0.3 is 0 Å². The summed E-state index contributed by atoms with van der Waals surface area (Å²) < 4.78 is 5.26. The van der Waals surface area contributed by atoms with Gasteiger partial charge in [0.25, 0.3) is 0 Å². The third-order valence-electron chi connectivity index (χ3n) is 2.26. The first-order chi connectivity index (χ1) is 5.64. The molecule has 0 aromatic heterocycles. The smallest absolute Gasteiger partial charge is 0.0620 e. The van der Waals surface area contributed by atoms with Gasteiger partial charge in [0.05, 0.1) is 6.61 Å². The van der Waals surface area contributed by atoms with E-state index in [-0.39, 0.29) is 12.1 Å². The Kier molecular flexibility index (Phi) is 3.50. The molecule has 1 saturated heterocycles. The van der Waals surface area contributed by atoms with Gasteiger partial charge in [0, 0.05) is 24.8 Å². The van der Waals surface area contributed by atoms with Crippen LogP contribution in [0.4, 0.5) is 0 Å². The third kappa shape index (κ3) is 3.09. The molecule has 1 fully saturated rings. The van der Waals surface area contributed by atoms with Crippen LogP contribution in [0, 0.1) is 0 Å². The molecule has 1 atom stereocenters. The van der Waals surface area contributed by atoms with Crippen LogP contribution in [0.2, 0.25) is 0 Å². The Morgan fingerprint density at radius 3 is 2.83 bits per heavy atom. The molecule has 0 amide bonds. The van der Waals surface area contributed by atoms with Gasteiger partial charge in [-0.3, -0.25) is 0 Å². The fourth-order valence-corrected chi connectivity index (χ4v) is 1.55. The molecule has 72 valence electrons. The minimum atomic E-state index is 0.0348. The Bertz CT molecular complexity index is 130. The van der Waals surface area contributed by atoms with E-state index in [2.05, 4.69) is 19.2 Å². The van der Waals surface area contributed by atoms with Gasteiger partial charge in [0.1, 0.15) is 0 Å². The van der Waals surface area contributed by atoms with E-state index in [1.807, 2.05) is 0 Å². The molecule has 1 rings (SSSR count). The van der Waals surface area contributed by atoms with Crippen LogP contribution in [0.3, 0.4) is 0 Å². The van der Waals surface area contributed by atoms with Crippen LogP contribution in [0.25, 0.3) is 0 Å². The number of ether oxygens (including phenoxy) is 1. The summed E-state index contributed by atoms with van der Waals surface area (Å²) in [6.07, 6.45) is 1.89. The van der Waals surface area contributed by atoms with E-state index in [0.29, 0.717) is 6.04 Å². The van der Waals surface area contributed by atoms with Crippen molar-refractivity contribution < 1.29 is 9.84 Å². The Balaban J connectivity index is 2.27. The van der Waals surface area contributed by atoms with Crippen LogP contribution in [0.5, 0.6) is 0 Å². The van der Waals surface area contributed by atoms with E-state index in [1.54, 1.807) is 0 Å². The normalized spacial score (nSPS) is 24.8. The van der Waals surface area contributed by atoms with Crippen molar-refractivity contribution in [3.63, 3.8) is 0 Å². The number of nitrogens with one attached hydrogen (secondary N) is 1. The summed E-state index contributed by atoms with van der Waals surface area (Å²) in [4.78, 5) is 0. The van der Waals surface area contributed by atoms with Crippen molar-refractivity contribution in [2.45, 2.75) is 38.3 Å². The molecule has 0 spiro atoms. The standard InChI is InChI=1S/C9H19NO2/c1-9(2,4-5-11)10-8-3-6-12-7-8/h8,10-11H,3-7H2,1-2H3. The molecular formula is C9H19NO2. The summed E-state index contributed by atoms with van der Waals surface area (Å²) in [5.74, 6) is 0. The largest absolute Gasteiger partial charge is 0.396 e. The zero-order valence-corrected chi connectivity index (χ0v) is 7.97. The lowest BCUT2D eigenvalue weighted by Gasteiger charge is -2.28. The lowest BCUT2D eigenvalue weighted by Crippen LogP contribution is -2.46. The Morgan fingerprint density at radius 1 is 1.58 bits per heavy atom. The van der Waals surface area contributed by atoms with Gasteiger partial charge in [-0.25, -0.2) is 0 Å². The molecular weight excluding hydrogens is 154 g/mol. The molecule has 1 unspecified atom stereocenters. The van der Waals surface area contributed by atoms with Crippen LogP contribution in [-0.2, 0) is 4.74 Å². The van der Waals surface area contributed by atoms with E-state index in [1.165, 1.54) is 0 Å². The van der Waals surface area contributed by atoms with Crippen molar-refractivity contribution in [2.24, 2.45) is 0 Å². The second kappa shape index (κ2) is 4.21. The molecule has 0 saturated carbocycles. The van der Waals surface area contributed by atoms with Gasteiger partial charge in [0.15, 0.2) is 0 Å². The van der Waals surface area contributed by atoms with Crippen molar-refractivity contribution in [1.29, 1.82) is 0 Å². The summed E-state index contributed by atoms with van der Waals surface area (Å²) in [7, 11) is 0. The average Bonchev–Trinajstić information content (AvgIpc) is 2.38. The average molecular weight is 173 g/mol. The topological polar surface area (TPSA) is 41.5 Å². The molecule has 1 heterocycles. The van der Waals surface area contributed by atoms with Gasteiger partial charge in [0.2, 0.25) is 0 Å². The quantitative estimate of drug-likeness (QED) is 0.651. The molecule has 0 aliphatic carbocycles. The Morgan fingerprint density at radius 2 is 2.33 bits per heavy atom. The van der Waals surface area contributed by atoms with Crippen LogP contribution >= 0.6 is 0 Å². The molecule has 0 aromatic rings. The van der Waals surface area contributed by atoms with Crippen molar-refractivity contribution in [3.05, 3.63) is 0 Å². The second-order valence-corrected chi connectivity index (χ2v) is 4.06. The van der Waals surface area contributed by atoms with E-state index in [0.717, 1.165) is 26.1 Å². The summed E-state index contributed by atoms with van der Waals surface area (Å²) in [6, 6.07) is 0.478. The number of rotatable bonds is 4. The van der Waals surface area contributed by atoms with E-state index >= 15 is 0 Å². The second-order valence-electron chi connectivity index (χ2n) is 4.06. The predicted octanol–water partition coefficient (Wildman–Crippen LogP) is 0.526. The van der Waals surface area contributed by atoms with Crippen molar-refractivity contribution >= 4 is 0 Å². The van der Waals surface area contributed by atoms with Crippen molar-refractivity contribution in [2.75, 3.05) is 19.8 Å². The SMILES string of the molecule is CC(C)(CCO)NC1CCOC1. The molecule has 2 N–H and O–H groups in total. The lowest BCUT2D eigenvalue weighted by molar-refractivity contribution is 0.175. The van der Waals surface area contributed by atoms with E-state index in [9.17, 15) is 0 Å². The predicted molar refractivity (Wildman–Crippen MR) is 48.1 cm³/mol.